The summed E-state index contributed by atoms with van der Waals surface area (Å²) in [4.78, 5) is 14.1. The molecule has 23 heavy (non-hydrogen) atoms. The number of carbonyl (C=O) groups excluding carboxylic acids is 1. The van der Waals surface area contributed by atoms with Gasteiger partial charge in [-0.2, -0.15) is 0 Å². The number of halogens is 3. The summed E-state index contributed by atoms with van der Waals surface area (Å²) in [5.41, 5.74) is 0.589. The molecule has 1 fully saturated rings. The van der Waals surface area contributed by atoms with E-state index in [9.17, 15) is 13.6 Å². The van der Waals surface area contributed by atoms with Crippen molar-refractivity contribution in [3.63, 3.8) is 0 Å². The van der Waals surface area contributed by atoms with Crippen LogP contribution < -0.4 is 4.90 Å². The van der Waals surface area contributed by atoms with Gasteiger partial charge in [0.15, 0.2) is 4.32 Å². The first-order valence-corrected chi connectivity index (χ1v) is 8.05. The van der Waals surface area contributed by atoms with Gasteiger partial charge in [-0.15, -0.1) is 0 Å². The summed E-state index contributed by atoms with van der Waals surface area (Å²) >= 11 is 12.2. The van der Waals surface area contributed by atoms with Crippen LogP contribution in [-0.2, 0) is 4.79 Å². The topological polar surface area (TPSA) is 20.3 Å². The minimum atomic E-state index is -0.524. The first-order chi connectivity index (χ1) is 11.0. The third-order valence-electron chi connectivity index (χ3n) is 3.15. The minimum absolute atomic E-state index is 0.133. The molecule has 1 amide bonds. The molecule has 0 N–H and O–H groups in total. The van der Waals surface area contributed by atoms with Gasteiger partial charge < -0.3 is 0 Å². The first-order valence-electron chi connectivity index (χ1n) is 6.45. The van der Waals surface area contributed by atoms with Crippen LogP contribution in [-0.4, -0.2) is 10.2 Å². The van der Waals surface area contributed by atoms with Gasteiger partial charge in [-0.3, -0.25) is 9.69 Å². The van der Waals surface area contributed by atoms with Gasteiger partial charge in [0, 0.05) is 5.56 Å². The monoisotopic (exact) mass is 367 g/mol. The maximum Gasteiger partial charge on any atom is 0.270 e. The summed E-state index contributed by atoms with van der Waals surface area (Å²) in [6.45, 7) is 0. The highest BCUT2D eigenvalue weighted by Gasteiger charge is 2.33. The van der Waals surface area contributed by atoms with Crippen molar-refractivity contribution in [3.05, 3.63) is 69.6 Å². The molecular weight excluding hydrogens is 360 g/mol. The SMILES string of the molecule is O=C1/C(=C\c2c(F)cccc2Cl)SC(=S)N1c1ccc(F)cc1. The standard InChI is InChI=1S/C16H8ClF2NOS2/c17-12-2-1-3-13(19)11(12)8-14-15(21)20(16(22)23-14)10-6-4-9(18)5-7-10/h1-8H/b14-8+. The highest BCUT2D eigenvalue weighted by molar-refractivity contribution is 8.27. The number of hydrogen-bond acceptors (Lipinski definition) is 3. The lowest BCUT2D eigenvalue weighted by molar-refractivity contribution is -0.113. The summed E-state index contributed by atoms with van der Waals surface area (Å²) in [6, 6.07) is 9.68. The van der Waals surface area contributed by atoms with Gasteiger partial charge in [-0.1, -0.05) is 41.6 Å². The quantitative estimate of drug-likeness (QED) is 0.549. The van der Waals surface area contributed by atoms with Crippen molar-refractivity contribution in [3.8, 4) is 0 Å². The highest BCUT2D eigenvalue weighted by atomic mass is 35.5. The lowest BCUT2D eigenvalue weighted by atomic mass is 10.2. The Morgan fingerprint density at radius 3 is 2.48 bits per heavy atom. The fraction of sp³-hybridized carbons (Fsp3) is 0. The maximum absolute atomic E-state index is 13.9. The first kappa shape index (κ1) is 16.1. The number of hydrogen-bond donors (Lipinski definition) is 0. The third-order valence-corrected chi connectivity index (χ3v) is 4.79. The number of carbonyl (C=O) groups is 1. The van der Waals surface area contributed by atoms with Crippen molar-refractivity contribution < 1.29 is 13.6 Å². The predicted molar refractivity (Wildman–Crippen MR) is 93.5 cm³/mol. The van der Waals surface area contributed by atoms with Crippen molar-refractivity contribution in [2.75, 3.05) is 4.90 Å². The Morgan fingerprint density at radius 1 is 1.13 bits per heavy atom. The second kappa shape index (κ2) is 6.39. The Kier molecular flexibility index (Phi) is 4.48. The zero-order valence-electron chi connectivity index (χ0n) is 11.4. The average Bonchev–Trinajstić information content (AvgIpc) is 2.79. The molecule has 2 nitrogen and oxygen atoms in total. The fourth-order valence-corrected chi connectivity index (χ4v) is 3.56. The van der Waals surface area contributed by atoms with E-state index in [1.165, 1.54) is 53.4 Å². The summed E-state index contributed by atoms with van der Waals surface area (Å²) in [7, 11) is 0. The number of thioether (sulfide) groups is 1. The molecule has 0 spiro atoms. The van der Waals surface area contributed by atoms with Gasteiger partial charge in [-0.05, 0) is 42.5 Å². The number of amides is 1. The predicted octanol–water partition coefficient (Wildman–Crippen LogP) is 5.02. The minimum Gasteiger partial charge on any atom is -0.268 e. The van der Waals surface area contributed by atoms with E-state index in [1.807, 2.05) is 0 Å². The van der Waals surface area contributed by atoms with E-state index in [4.69, 9.17) is 23.8 Å². The molecule has 2 aromatic rings. The Bertz CT molecular complexity index is 816. The number of rotatable bonds is 2. The molecule has 1 heterocycles. The third kappa shape index (κ3) is 3.15. The van der Waals surface area contributed by atoms with E-state index < -0.39 is 17.5 Å². The van der Waals surface area contributed by atoms with Crippen LogP contribution >= 0.6 is 35.6 Å². The van der Waals surface area contributed by atoms with Gasteiger partial charge in [0.2, 0.25) is 0 Å². The normalized spacial score (nSPS) is 16.5. The highest BCUT2D eigenvalue weighted by Crippen LogP contribution is 2.37. The van der Waals surface area contributed by atoms with Crippen LogP contribution in [0.2, 0.25) is 5.02 Å². The largest absolute Gasteiger partial charge is 0.270 e. The van der Waals surface area contributed by atoms with Gasteiger partial charge in [0.05, 0.1) is 15.6 Å². The zero-order valence-corrected chi connectivity index (χ0v) is 13.8. The lowest BCUT2D eigenvalue weighted by Gasteiger charge is -2.14. The zero-order chi connectivity index (χ0) is 16.6. The van der Waals surface area contributed by atoms with Crippen LogP contribution in [0, 0.1) is 11.6 Å². The summed E-state index contributed by atoms with van der Waals surface area (Å²) in [5.74, 6) is -1.33. The van der Waals surface area contributed by atoms with E-state index in [0.717, 1.165) is 11.8 Å². The van der Waals surface area contributed by atoms with E-state index in [2.05, 4.69) is 0 Å². The van der Waals surface area contributed by atoms with Gasteiger partial charge in [-0.25, -0.2) is 8.78 Å². The molecule has 116 valence electrons. The van der Waals surface area contributed by atoms with Crippen molar-refractivity contribution in [2.45, 2.75) is 0 Å². The van der Waals surface area contributed by atoms with Crippen LogP contribution in [0.25, 0.3) is 6.08 Å². The van der Waals surface area contributed by atoms with E-state index in [1.54, 1.807) is 0 Å². The number of benzene rings is 2. The Labute approximate surface area is 145 Å². The van der Waals surface area contributed by atoms with Crippen molar-refractivity contribution in [2.24, 2.45) is 0 Å². The van der Waals surface area contributed by atoms with Crippen LogP contribution in [0.4, 0.5) is 14.5 Å². The van der Waals surface area contributed by atoms with Crippen LogP contribution in [0.5, 0.6) is 0 Å². The Hall–Kier alpha value is -1.76. The molecule has 2 aromatic carbocycles. The molecule has 7 heteroatoms. The second-order valence-electron chi connectivity index (χ2n) is 4.63. The molecule has 0 radical (unpaired) electrons. The second-order valence-corrected chi connectivity index (χ2v) is 6.71. The molecule has 0 saturated carbocycles. The van der Waals surface area contributed by atoms with Crippen molar-refractivity contribution >= 4 is 57.6 Å². The van der Waals surface area contributed by atoms with Crippen LogP contribution in [0.1, 0.15) is 5.56 Å². The molecule has 0 aliphatic carbocycles. The molecule has 3 rings (SSSR count). The molecule has 1 saturated heterocycles. The molecule has 1 aliphatic heterocycles. The maximum atomic E-state index is 13.9. The van der Waals surface area contributed by atoms with Gasteiger partial charge in [0.25, 0.3) is 5.91 Å². The van der Waals surface area contributed by atoms with Crippen LogP contribution in [0.15, 0.2) is 47.4 Å². The summed E-state index contributed by atoms with van der Waals surface area (Å²) in [5, 5.41) is 0.206. The summed E-state index contributed by atoms with van der Waals surface area (Å²) in [6.07, 6.45) is 1.38. The molecule has 0 unspecified atom stereocenters. The van der Waals surface area contributed by atoms with Crippen molar-refractivity contribution in [1.29, 1.82) is 0 Å². The molecule has 1 aliphatic rings. The number of nitrogens with zero attached hydrogens (tertiary/aromatic N) is 1. The lowest BCUT2D eigenvalue weighted by Crippen LogP contribution is -2.27. The molecule has 0 atom stereocenters. The smallest absolute Gasteiger partial charge is 0.268 e. The molecular formula is C16H8ClF2NOS2. The Morgan fingerprint density at radius 2 is 1.83 bits per heavy atom. The van der Waals surface area contributed by atoms with Gasteiger partial charge >= 0.3 is 0 Å². The van der Waals surface area contributed by atoms with Crippen molar-refractivity contribution in [1.82, 2.24) is 0 Å². The van der Waals surface area contributed by atoms with Gasteiger partial charge in [0.1, 0.15) is 11.6 Å². The fourth-order valence-electron chi connectivity index (χ4n) is 2.06. The number of anilines is 1. The number of thiocarbonyl (C=S) groups is 1. The summed E-state index contributed by atoms with van der Waals surface area (Å²) < 4.78 is 27.2. The van der Waals surface area contributed by atoms with E-state index in [-0.39, 0.29) is 15.5 Å². The van der Waals surface area contributed by atoms with E-state index in [0.29, 0.717) is 10.0 Å². The van der Waals surface area contributed by atoms with Crippen LogP contribution in [0.3, 0.4) is 0 Å². The molecule has 0 bridgehead atoms. The average molecular weight is 368 g/mol. The molecule has 0 aromatic heterocycles. The Balaban J connectivity index is 1.98. The van der Waals surface area contributed by atoms with E-state index >= 15 is 0 Å².